The van der Waals surface area contributed by atoms with Crippen molar-refractivity contribution in [1.82, 2.24) is 5.32 Å². The predicted molar refractivity (Wildman–Crippen MR) is 148 cm³/mol. The Morgan fingerprint density at radius 2 is 1.76 bits per heavy atom. The second-order valence-electron chi connectivity index (χ2n) is 10.1. The Morgan fingerprint density at radius 3 is 2.32 bits per heavy atom. The molecule has 0 spiro atoms. The Labute approximate surface area is 224 Å². The van der Waals surface area contributed by atoms with Gasteiger partial charge in [0.2, 0.25) is 5.96 Å². The monoisotopic (exact) mass is 518 g/mol. The summed E-state index contributed by atoms with van der Waals surface area (Å²) in [6, 6.07) is 11.7. The first-order valence-electron chi connectivity index (χ1n) is 13.1. The Morgan fingerprint density at radius 1 is 1.13 bits per heavy atom. The second-order valence-corrected chi connectivity index (χ2v) is 10.1. The third-order valence-electron chi connectivity index (χ3n) is 7.22. The summed E-state index contributed by atoms with van der Waals surface area (Å²) < 4.78 is 14.2. The molecule has 7 nitrogen and oxygen atoms in total. The number of guanidine groups is 1. The van der Waals surface area contributed by atoms with E-state index in [0.29, 0.717) is 29.3 Å². The number of benzene rings is 2. The van der Waals surface area contributed by atoms with Gasteiger partial charge in [0, 0.05) is 29.8 Å². The van der Waals surface area contributed by atoms with Gasteiger partial charge < -0.3 is 9.80 Å². The minimum atomic E-state index is -0.199. The number of ketones is 2. The molecule has 0 amide bonds. The maximum absolute atomic E-state index is 13.2. The van der Waals surface area contributed by atoms with Crippen LogP contribution in [0, 0.1) is 23.2 Å². The number of anilines is 1. The quantitative estimate of drug-likeness (QED) is 0.0630. The minimum Gasteiger partial charge on any atom is -0.325 e. The highest BCUT2D eigenvalue weighted by Gasteiger charge is 2.32. The highest BCUT2D eigenvalue weighted by Crippen LogP contribution is 2.27. The van der Waals surface area contributed by atoms with Crippen molar-refractivity contribution in [2.45, 2.75) is 39.5 Å². The lowest BCUT2D eigenvalue weighted by atomic mass is 9.88. The van der Waals surface area contributed by atoms with Crippen LogP contribution in [-0.2, 0) is 6.42 Å². The Kier molecular flexibility index (Phi) is 10.3. The number of Topliss-reactive ketones (excluding diaryl/α,β-unsaturated/α-hetero) is 2. The normalized spacial score (nSPS) is 19.3. The van der Waals surface area contributed by atoms with Crippen LogP contribution in [0.25, 0.3) is 0 Å². The molecule has 38 heavy (non-hydrogen) atoms. The molecule has 1 saturated heterocycles. The third kappa shape index (κ3) is 8.35. The number of nitrogens with one attached hydrogen (secondary N) is 2. The van der Waals surface area contributed by atoms with E-state index >= 15 is 0 Å². The molecule has 0 radical (unpaired) electrons. The standard InChI is InChI=1S/C30H37FN5O2/c1-4-13-36(15-10-25(11-16-36)17-24-6-8-28(31)9-7-24)14-5-12-33-30(34-21-32)35-29-19-26(22(2)37)18-27(20-29)23(3)38/h4,6-9,18-20,25H,1,5,10-17H2,2-3H3,(H2,33,34,35)/q+1. The van der Waals surface area contributed by atoms with Gasteiger partial charge in [-0.2, -0.15) is 5.26 Å². The van der Waals surface area contributed by atoms with E-state index in [-0.39, 0.29) is 23.3 Å². The molecule has 1 fully saturated rings. The molecule has 2 N–H and O–H groups in total. The minimum absolute atomic E-state index is 0.152. The van der Waals surface area contributed by atoms with E-state index in [9.17, 15) is 19.2 Å². The fraction of sp³-hybridized carbons (Fsp3) is 0.400. The predicted octanol–water partition coefficient (Wildman–Crippen LogP) is 5.12. The second kappa shape index (κ2) is 13.6. The van der Waals surface area contributed by atoms with E-state index < -0.39 is 0 Å². The molecule has 0 aromatic heterocycles. The van der Waals surface area contributed by atoms with Crippen LogP contribution < -0.4 is 10.6 Å². The van der Waals surface area contributed by atoms with Crippen molar-refractivity contribution in [3.63, 3.8) is 0 Å². The van der Waals surface area contributed by atoms with Gasteiger partial charge in [-0.15, -0.1) is 0 Å². The molecule has 1 aliphatic rings. The summed E-state index contributed by atoms with van der Waals surface area (Å²) in [5, 5.41) is 14.8. The molecule has 0 saturated carbocycles. The van der Waals surface area contributed by atoms with Gasteiger partial charge >= 0.3 is 0 Å². The van der Waals surface area contributed by atoms with E-state index in [1.54, 1.807) is 18.2 Å². The number of rotatable bonds is 11. The molecule has 200 valence electrons. The zero-order chi connectivity index (χ0) is 27.5. The molecule has 0 bridgehead atoms. The summed E-state index contributed by atoms with van der Waals surface area (Å²) in [7, 11) is 0. The molecule has 0 atom stereocenters. The fourth-order valence-electron chi connectivity index (χ4n) is 5.10. The van der Waals surface area contributed by atoms with Crippen molar-refractivity contribution in [2.24, 2.45) is 10.9 Å². The number of piperidine rings is 1. The first-order chi connectivity index (χ1) is 18.2. The van der Waals surface area contributed by atoms with Crippen molar-refractivity contribution in [3.05, 3.63) is 77.6 Å². The highest BCUT2D eigenvalue weighted by atomic mass is 19.1. The first kappa shape index (κ1) is 28.7. The van der Waals surface area contributed by atoms with Crippen LogP contribution in [0.4, 0.5) is 10.1 Å². The molecule has 1 aliphatic heterocycles. The van der Waals surface area contributed by atoms with Gasteiger partial charge in [0.1, 0.15) is 5.82 Å². The van der Waals surface area contributed by atoms with Crippen molar-refractivity contribution in [3.8, 4) is 6.19 Å². The molecule has 0 unspecified atom stereocenters. The van der Waals surface area contributed by atoms with Crippen LogP contribution in [0.1, 0.15) is 59.4 Å². The lowest BCUT2D eigenvalue weighted by Gasteiger charge is -2.43. The number of aliphatic imine (C=N–C) groups is 1. The summed E-state index contributed by atoms with van der Waals surface area (Å²) in [6.07, 6.45) is 7.92. The van der Waals surface area contributed by atoms with Crippen LogP contribution in [0.3, 0.4) is 0 Å². The summed E-state index contributed by atoms with van der Waals surface area (Å²) in [5.41, 5.74) is 2.52. The smallest absolute Gasteiger partial charge is 0.209 e. The highest BCUT2D eigenvalue weighted by molar-refractivity contribution is 6.03. The summed E-state index contributed by atoms with van der Waals surface area (Å²) >= 11 is 0. The van der Waals surface area contributed by atoms with Crippen molar-refractivity contribution >= 4 is 23.2 Å². The maximum Gasteiger partial charge on any atom is 0.209 e. The number of carbonyl (C=O) groups excluding carboxylic acids is 2. The summed E-state index contributed by atoms with van der Waals surface area (Å²) in [5.74, 6) is 0.364. The van der Waals surface area contributed by atoms with E-state index in [1.807, 2.05) is 24.4 Å². The topological polar surface area (TPSA) is 94.3 Å². The van der Waals surface area contributed by atoms with Crippen molar-refractivity contribution in [2.75, 3.05) is 38.0 Å². The molecule has 2 aromatic rings. The number of nitriles is 1. The molecular weight excluding hydrogens is 481 g/mol. The number of likely N-dealkylation sites (tertiary alicyclic amines) is 1. The SMILES string of the molecule is C=CC[N+]1(CCCN=C(NC#N)Nc2cc(C(C)=O)cc(C(C)=O)c2)CCC(Cc2ccc(F)cc2)CC1. The van der Waals surface area contributed by atoms with Gasteiger partial charge in [-0.05, 0) is 81.0 Å². The fourth-order valence-corrected chi connectivity index (χ4v) is 5.10. The van der Waals surface area contributed by atoms with Gasteiger partial charge in [-0.1, -0.05) is 18.7 Å². The van der Waals surface area contributed by atoms with E-state index in [1.165, 1.54) is 31.5 Å². The maximum atomic E-state index is 13.2. The molecule has 2 aromatic carbocycles. The van der Waals surface area contributed by atoms with Crippen LogP contribution in [0.5, 0.6) is 0 Å². The zero-order valence-corrected chi connectivity index (χ0v) is 22.3. The molecule has 1 heterocycles. The van der Waals surface area contributed by atoms with Crippen LogP contribution in [0.15, 0.2) is 60.1 Å². The van der Waals surface area contributed by atoms with Gasteiger partial charge in [0.15, 0.2) is 17.8 Å². The first-order valence-corrected chi connectivity index (χ1v) is 13.1. The van der Waals surface area contributed by atoms with Crippen molar-refractivity contribution < 1.29 is 18.5 Å². The molecule has 8 heteroatoms. The number of carbonyl (C=O) groups is 2. The van der Waals surface area contributed by atoms with E-state index in [2.05, 4.69) is 22.2 Å². The molecular formula is C30H37FN5O2+. The summed E-state index contributed by atoms with van der Waals surface area (Å²) in [6.45, 7) is 11.4. The zero-order valence-electron chi connectivity index (χ0n) is 22.3. The summed E-state index contributed by atoms with van der Waals surface area (Å²) in [4.78, 5) is 28.3. The van der Waals surface area contributed by atoms with Crippen LogP contribution in [-0.4, -0.2) is 54.7 Å². The van der Waals surface area contributed by atoms with Gasteiger partial charge in [0.05, 0.1) is 26.2 Å². The van der Waals surface area contributed by atoms with E-state index in [0.717, 1.165) is 56.3 Å². The number of nitrogens with zero attached hydrogens (tertiary/aromatic N) is 3. The number of hydrogen-bond donors (Lipinski definition) is 2. The average molecular weight is 519 g/mol. The Hall–Kier alpha value is -3.83. The van der Waals surface area contributed by atoms with Gasteiger partial charge in [0.25, 0.3) is 0 Å². The van der Waals surface area contributed by atoms with Crippen LogP contribution in [0.2, 0.25) is 0 Å². The number of hydrogen-bond acceptors (Lipinski definition) is 4. The Balaban J connectivity index is 1.59. The molecule has 3 rings (SSSR count). The van der Waals surface area contributed by atoms with Crippen molar-refractivity contribution in [1.29, 1.82) is 5.26 Å². The van der Waals surface area contributed by atoms with Gasteiger partial charge in [-0.25, -0.2) is 4.39 Å². The van der Waals surface area contributed by atoms with Crippen LogP contribution >= 0.6 is 0 Å². The van der Waals surface area contributed by atoms with E-state index in [4.69, 9.17) is 0 Å². The Bertz CT molecular complexity index is 1180. The lowest BCUT2D eigenvalue weighted by molar-refractivity contribution is -0.928. The van der Waals surface area contributed by atoms with Gasteiger partial charge in [-0.3, -0.25) is 19.9 Å². The number of quaternary nitrogens is 1. The number of halogens is 1. The molecule has 0 aliphatic carbocycles. The third-order valence-corrected chi connectivity index (χ3v) is 7.22. The largest absolute Gasteiger partial charge is 0.325 e. The average Bonchev–Trinajstić information content (AvgIpc) is 2.89. The lowest BCUT2D eigenvalue weighted by Crippen LogP contribution is -2.54.